The summed E-state index contributed by atoms with van der Waals surface area (Å²) in [5.41, 5.74) is 4.01. The van der Waals surface area contributed by atoms with Crippen molar-refractivity contribution in [3.05, 3.63) is 83.0 Å². The monoisotopic (exact) mass is 446 g/mol. The number of amides is 1. The fraction of sp³-hybridized carbons (Fsp3) is 0.346. The molecule has 1 saturated heterocycles. The Balaban J connectivity index is 1.43. The van der Waals surface area contributed by atoms with Crippen molar-refractivity contribution in [2.45, 2.75) is 43.6 Å². The van der Waals surface area contributed by atoms with Crippen LogP contribution in [0.1, 0.15) is 46.9 Å². The molecule has 1 fully saturated rings. The summed E-state index contributed by atoms with van der Waals surface area (Å²) in [6, 6.07) is 20.1. The van der Waals surface area contributed by atoms with Crippen LogP contribution >= 0.6 is 11.8 Å². The molecule has 0 unspecified atom stereocenters. The molecule has 6 heteroatoms. The van der Waals surface area contributed by atoms with Gasteiger partial charge in [-0.05, 0) is 42.5 Å². The van der Waals surface area contributed by atoms with Crippen LogP contribution < -0.4 is 4.90 Å². The first kappa shape index (κ1) is 22.3. The lowest BCUT2D eigenvalue weighted by Crippen LogP contribution is -2.26. The molecule has 1 aromatic heterocycles. The third kappa shape index (κ3) is 5.68. The van der Waals surface area contributed by atoms with Crippen molar-refractivity contribution in [1.82, 2.24) is 14.9 Å². The number of hydrogen-bond donors (Lipinski definition) is 0. The lowest BCUT2D eigenvalue weighted by atomic mass is 10.1. The van der Waals surface area contributed by atoms with Gasteiger partial charge in [-0.25, -0.2) is 9.97 Å². The second-order valence-electron chi connectivity index (χ2n) is 8.18. The predicted molar refractivity (Wildman–Crippen MR) is 131 cm³/mol. The summed E-state index contributed by atoms with van der Waals surface area (Å²) in [6.07, 6.45) is 3.36. The van der Waals surface area contributed by atoms with E-state index in [1.54, 1.807) is 16.7 Å². The summed E-state index contributed by atoms with van der Waals surface area (Å²) in [5.74, 6) is 1.81. The summed E-state index contributed by atoms with van der Waals surface area (Å²) >= 11 is 1.63. The van der Waals surface area contributed by atoms with Crippen molar-refractivity contribution in [3.8, 4) is 0 Å². The van der Waals surface area contributed by atoms with Gasteiger partial charge in [-0.1, -0.05) is 61.2 Å². The van der Waals surface area contributed by atoms with E-state index in [0.29, 0.717) is 12.1 Å². The smallest absolute Gasteiger partial charge is 0.253 e. The highest BCUT2D eigenvalue weighted by Crippen LogP contribution is 2.25. The topological polar surface area (TPSA) is 49.3 Å². The van der Waals surface area contributed by atoms with Crippen LogP contribution in [0.3, 0.4) is 0 Å². The third-order valence-electron chi connectivity index (χ3n) is 5.69. The van der Waals surface area contributed by atoms with E-state index in [9.17, 15) is 4.79 Å². The van der Waals surface area contributed by atoms with Gasteiger partial charge in [0.1, 0.15) is 5.82 Å². The van der Waals surface area contributed by atoms with Crippen LogP contribution in [0.2, 0.25) is 0 Å². The van der Waals surface area contributed by atoms with Crippen LogP contribution in [-0.4, -0.2) is 40.9 Å². The first-order valence-electron chi connectivity index (χ1n) is 11.3. The van der Waals surface area contributed by atoms with Gasteiger partial charge in [-0.3, -0.25) is 4.79 Å². The number of aromatic nitrogens is 2. The number of carbonyl (C=O) groups is 1. The Kier molecular flexibility index (Phi) is 7.43. The normalized spacial score (nSPS) is 13.4. The molecular weight excluding hydrogens is 416 g/mol. The van der Waals surface area contributed by atoms with Gasteiger partial charge in [0.15, 0.2) is 5.16 Å². The standard InChI is InChI=1S/C26H30N4OS/c1-3-23-17-24(30-14-7-8-15-30)28-26(27-23)32-19-21-12-9-13-22(16-21)25(31)29(2)18-20-10-5-4-6-11-20/h4-6,9-13,16-17H,3,7-8,14-15,18-19H2,1-2H3. The maximum Gasteiger partial charge on any atom is 0.253 e. The molecule has 166 valence electrons. The molecule has 0 spiro atoms. The van der Waals surface area contributed by atoms with Crippen LogP contribution in [0.5, 0.6) is 0 Å². The summed E-state index contributed by atoms with van der Waals surface area (Å²) in [6.45, 7) is 4.87. The lowest BCUT2D eigenvalue weighted by molar-refractivity contribution is 0.0785. The number of nitrogens with zero attached hydrogens (tertiary/aromatic N) is 4. The van der Waals surface area contributed by atoms with Crippen molar-refractivity contribution in [1.29, 1.82) is 0 Å². The van der Waals surface area contributed by atoms with Crippen LogP contribution in [-0.2, 0) is 18.7 Å². The first-order chi connectivity index (χ1) is 15.6. The Morgan fingerprint density at radius 1 is 1.00 bits per heavy atom. The highest BCUT2D eigenvalue weighted by molar-refractivity contribution is 7.98. The van der Waals surface area contributed by atoms with Crippen molar-refractivity contribution >= 4 is 23.5 Å². The minimum Gasteiger partial charge on any atom is -0.356 e. The zero-order valence-electron chi connectivity index (χ0n) is 18.8. The average Bonchev–Trinajstić information content (AvgIpc) is 3.38. The molecule has 1 aliphatic rings. The third-order valence-corrected chi connectivity index (χ3v) is 6.61. The molecule has 2 aromatic carbocycles. The average molecular weight is 447 g/mol. The molecule has 0 atom stereocenters. The van der Waals surface area contributed by atoms with Gasteiger partial charge in [0, 0.05) is 49.8 Å². The molecule has 1 amide bonds. The molecule has 32 heavy (non-hydrogen) atoms. The van der Waals surface area contributed by atoms with Crippen molar-refractivity contribution in [3.63, 3.8) is 0 Å². The Labute approximate surface area is 194 Å². The van der Waals surface area contributed by atoms with E-state index in [0.717, 1.165) is 53.1 Å². The first-order valence-corrected chi connectivity index (χ1v) is 12.2. The summed E-state index contributed by atoms with van der Waals surface area (Å²) in [4.78, 5) is 26.6. The van der Waals surface area contributed by atoms with Gasteiger partial charge < -0.3 is 9.80 Å². The largest absolute Gasteiger partial charge is 0.356 e. The number of thioether (sulfide) groups is 1. The molecule has 1 aliphatic heterocycles. The van der Waals surface area contributed by atoms with Crippen LogP contribution in [0.4, 0.5) is 5.82 Å². The van der Waals surface area contributed by atoms with E-state index in [4.69, 9.17) is 9.97 Å². The van der Waals surface area contributed by atoms with Gasteiger partial charge in [0.25, 0.3) is 5.91 Å². The van der Waals surface area contributed by atoms with E-state index in [-0.39, 0.29) is 5.91 Å². The molecular formula is C26H30N4OS. The quantitative estimate of drug-likeness (QED) is 0.351. The van der Waals surface area contributed by atoms with Gasteiger partial charge in [0.2, 0.25) is 0 Å². The number of anilines is 1. The maximum atomic E-state index is 12.9. The number of benzene rings is 2. The van der Waals surface area contributed by atoms with Gasteiger partial charge >= 0.3 is 0 Å². The van der Waals surface area contributed by atoms with Crippen molar-refractivity contribution in [2.24, 2.45) is 0 Å². The molecule has 0 bridgehead atoms. The Bertz CT molecular complexity index is 1050. The lowest BCUT2D eigenvalue weighted by Gasteiger charge is -2.18. The SMILES string of the molecule is CCc1cc(N2CCCC2)nc(SCc2cccc(C(=O)N(C)Cc3ccccc3)c2)n1. The minimum atomic E-state index is 0.0289. The molecule has 2 heterocycles. The Morgan fingerprint density at radius 3 is 2.50 bits per heavy atom. The second-order valence-corrected chi connectivity index (χ2v) is 9.13. The molecule has 0 saturated carbocycles. The van der Waals surface area contributed by atoms with E-state index >= 15 is 0 Å². The van der Waals surface area contributed by atoms with Crippen molar-refractivity contribution < 1.29 is 4.79 Å². The molecule has 3 aromatic rings. The summed E-state index contributed by atoms with van der Waals surface area (Å²) in [7, 11) is 1.85. The fourth-order valence-electron chi connectivity index (χ4n) is 3.90. The number of rotatable bonds is 8. The number of aryl methyl sites for hydroxylation is 1. The number of carbonyl (C=O) groups excluding carboxylic acids is 1. The Morgan fingerprint density at radius 2 is 1.75 bits per heavy atom. The molecule has 0 aliphatic carbocycles. The van der Waals surface area contributed by atoms with Crippen LogP contribution in [0.15, 0.2) is 65.8 Å². The van der Waals surface area contributed by atoms with E-state index in [1.807, 2.05) is 55.6 Å². The molecule has 5 nitrogen and oxygen atoms in total. The van der Waals surface area contributed by atoms with Gasteiger partial charge in [0.05, 0.1) is 0 Å². The molecule has 0 radical (unpaired) electrons. The maximum absolute atomic E-state index is 12.9. The summed E-state index contributed by atoms with van der Waals surface area (Å²) in [5, 5.41) is 0.809. The van der Waals surface area contributed by atoms with E-state index in [2.05, 4.69) is 24.0 Å². The van der Waals surface area contributed by atoms with Crippen LogP contribution in [0.25, 0.3) is 0 Å². The predicted octanol–water partition coefficient (Wildman–Crippen LogP) is 5.20. The number of hydrogen-bond acceptors (Lipinski definition) is 5. The highest BCUT2D eigenvalue weighted by atomic mass is 32.2. The van der Waals surface area contributed by atoms with E-state index < -0.39 is 0 Å². The van der Waals surface area contributed by atoms with Crippen LogP contribution in [0, 0.1) is 0 Å². The minimum absolute atomic E-state index is 0.0289. The molecule has 4 rings (SSSR count). The summed E-state index contributed by atoms with van der Waals surface area (Å²) < 4.78 is 0. The zero-order chi connectivity index (χ0) is 22.3. The van der Waals surface area contributed by atoms with Crippen molar-refractivity contribution in [2.75, 3.05) is 25.0 Å². The zero-order valence-corrected chi connectivity index (χ0v) is 19.6. The second kappa shape index (κ2) is 10.6. The fourth-order valence-corrected chi connectivity index (χ4v) is 4.72. The highest BCUT2D eigenvalue weighted by Gasteiger charge is 2.16. The van der Waals surface area contributed by atoms with Gasteiger partial charge in [-0.2, -0.15) is 0 Å². The Hall–Kier alpha value is -2.86. The van der Waals surface area contributed by atoms with Gasteiger partial charge in [-0.15, -0.1) is 0 Å². The van der Waals surface area contributed by atoms with E-state index in [1.165, 1.54) is 12.8 Å². The molecule has 0 N–H and O–H groups in total.